The number of fused-ring (bicyclic) bond motifs is 1. The molecule has 164 valence electrons. The van der Waals surface area contributed by atoms with E-state index < -0.39 is 0 Å². The Kier molecular flexibility index (Phi) is 4.56. The lowest BCUT2D eigenvalue weighted by atomic mass is 9.52. The van der Waals surface area contributed by atoms with E-state index in [1.807, 2.05) is 6.07 Å². The van der Waals surface area contributed by atoms with E-state index in [0.717, 1.165) is 29.7 Å². The molecule has 0 spiro atoms. The van der Waals surface area contributed by atoms with Gasteiger partial charge in [-0.15, -0.1) is 0 Å². The van der Waals surface area contributed by atoms with Gasteiger partial charge in [0.05, 0.1) is 0 Å². The summed E-state index contributed by atoms with van der Waals surface area (Å²) >= 11 is 0. The molecular formula is C27H40N2O. The van der Waals surface area contributed by atoms with Crippen LogP contribution in [-0.4, -0.2) is 35.2 Å². The molecule has 8 rings (SSSR count). The minimum absolute atomic E-state index is 0.300. The topological polar surface area (TPSA) is 49.5 Å². The second-order valence-electron chi connectivity index (χ2n) is 12.1. The number of hydrogen-bond acceptors (Lipinski definition) is 3. The predicted octanol–water partition coefficient (Wildman–Crippen LogP) is 4.99. The predicted molar refractivity (Wildman–Crippen MR) is 122 cm³/mol. The van der Waals surface area contributed by atoms with Crippen molar-refractivity contribution in [3.8, 4) is 5.75 Å². The number of nitrogens with two attached hydrogens (primary N) is 1. The molecule has 6 bridgehead atoms. The first kappa shape index (κ1) is 19.6. The molecule has 3 nitrogen and oxygen atoms in total. The van der Waals surface area contributed by atoms with Crippen molar-refractivity contribution in [1.29, 1.82) is 0 Å². The molecule has 7 aliphatic rings. The van der Waals surface area contributed by atoms with Gasteiger partial charge in [-0.2, -0.15) is 0 Å². The van der Waals surface area contributed by atoms with Crippen molar-refractivity contribution in [3.63, 3.8) is 0 Å². The van der Waals surface area contributed by atoms with Gasteiger partial charge < -0.3 is 15.7 Å². The molecule has 0 unspecified atom stereocenters. The van der Waals surface area contributed by atoms with Crippen molar-refractivity contribution in [2.24, 2.45) is 29.4 Å². The Morgan fingerprint density at radius 1 is 1.00 bits per heavy atom. The van der Waals surface area contributed by atoms with Gasteiger partial charge >= 0.3 is 0 Å². The van der Waals surface area contributed by atoms with Gasteiger partial charge in [0, 0.05) is 17.0 Å². The minimum atomic E-state index is 0.300. The lowest BCUT2D eigenvalue weighted by Crippen LogP contribution is -2.59. The highest BCUT2D eigenvalue weighted by atomic mass is 16.3. The number of benzene rings is 1. The molecule has 5 saturated carbocycles. The third-order valence-electron chi connectivity index (χ3n) is 10.2. The molecule has 1 aromatic rings. The van der Waals surface area contributed by atoms with Gasteiger partial charge in [0.25, 0.3) is 0 Å². The zero-order valence-corrected chi connectivity index (χ0v) is 18.8. The van der Waals surface area contributed by atoms with E-state index in [1.54, 1.807) is 0 Å². The number of rotatable bonds is 0. The fourth-order valence-electron chi connectivity index (χ4n) is 9.36. The van der Waals surface area contributed by atoms with Crippen LogP contribution in [0.25, 0.3) is 0 Å². The van der Waals surface area contributed by atoms with E-state index in [0.29, 0.717) is 16.7 Å². The molecule has 0 radical (unpaired) electrons. The lowest BCUT2D eigenvalue weighted by Gasteiger charge is -2.58. The Morgan fingerprint density at radius 3 is 2.37 bits per heavy atom. The molecule has 6 fully saturated rings. The average Bonchev–Trinajstić information content (AvgIpc) is 2.70. The van der Waals surface area contributed by atoms with Crippen LogP contribution in [0.4, 0.5) is 0 Å². The summed E-state index contributed by atoms with van der Waals surface area (Å²) in [5, 5.41) is 9.91. The molecule has 1 saturated heterocycles. The lowest BCUT2D eigenvalue weighted by molar-refractivity contribution is 0.000363. The third-order valence-corrected chi connectivity index (χ3v) is 10.2. The molecule has 1 aliphatic heterocycles. The van der Waals surface area contributed by atoms with Crippen LogP contribution in [0.2, 0.25) is 0 Å². The summed E-state index contributed by atoms with van der Waals surface area (Å²) < 4.78 is 0. The fraction of sp³-hybridized carbons (Fsp3) is 0.778. The van der Waals surface area contributed by atoms with E-state index in [2.05, 4.69) is 24.1 Å². The van der Waals surface area contributed by atoms with E-state index in [9.17, 15) is 5.11 Å². The Bertz CT molecular complexity index is 784. The summed E-state index contributed by atoms with van der Waals surface area (Å²) in [4.78, 5) is 2.59. The van der Waals surface area contributed by atoms with Crippen LogP contribution in [0.15, 0.2) is 18.2 Å². The fourth-order valence-corrected chi connectivity index (χ4v) is 9.36. The van der Waals surface area contributed by atoms with Crippen LogP contribution < -0.4 is 5.73 Å². The third kappa shape index (κ3) is 3.06. The van der Waals surface area contributed by atoms with Gasteiger partial charge in [-0.25, -0.2) is 0 Å². The Hall–Kier alpha value is -1.06. The molecule has 0 amide bonds. The molecule has 3 atom stereocenters. The van der Waals surface area contributed by atoms with Crippen molar-refractivity contribution in [3.05, 3.63) is 29.3 Å². The maximum absolute atomic E-state index is 9.91. The summed E-state index contributed by atoms with van der Waals surface area (Å²) in [5.41, 5.74) is 9.98. The molecule has 3 heteroatoms. The molecule has 1 heterocycles. The summed E-state index contributed by atoms with van der Waals surface area (Å²) in [6, 6.07) is 6.85. The average molecular weight is 409 g/mol. The van der Waals surface area contributed by atoms with Crippen molar-refractivity contribution in [1.82, 2.24) is 4.90 Å². The maximum atomic E-state index is 9.91. The number of likely N-dealkylation sites (N-methyl/N-ethyl adjacent to an activating group) is 1. The summed E-state index contributed by atoms with van der Waals surface area (Å²) in [6.07, 6.45) is 16.5. The smallest absolute Gasteiger partial charge is 0.115 e. The largest absolute Gasteiger partial charge is 0.508 e. The van der Waals surface area contributed by atoms with Gasteiger partial charge in [0.2, 0.25) is 0 Å². The number of likely N-dealkylation sites (tertiary alicyclic amines) is 1. The standard InChI is InChI=1S/C17H23NO.C10H17N/c1-18-9-8-17-7-3-2-4-14(17)16(18)10-12-5-6-13(19)11-15(12)17;11-10-4-7-1-8(5-10)3-9(2-7)6-10/h5-6,11,14,16,19H,2-4,7-10H2,1H3;7-9H,1-6,11H2/t14-,16+,17+;/m1./s1. The highest BCUT2D eigenvalue weighted by Gasteiger charge is 2.53. The second-order valence-corrected chi connectivity index (χ2v) is 12.1. The first-order chi connectivity index (χ1) is 14.4. The van der Waals surface area contributed by atoms with E-state index in [4.69, 9.17) is 5.73 Å². The van der Waals surface area contributed by atoms with E-state index in [-0.39, 0.29) is 0 Å². The Balaban J connectivity index is 0.000000134. The number of hydrogen-bond donors (Lipinski definition) is 2. The van der Waals surface area contributed by atoms with Gasteiger partial charge in [0.1, 0.15) is 5.75 Å². The van der Waals surface area contributed by atoms with Gasteiger partial charge in [-0.1, -0.05) is 18.9 Å². The van der Waals surface area contributed by atoms with Gasteiger partial charge in [0.15, 0.2) is 0 Å². The van der Waals surface area contributed by atoms with Gasteiger partial charge in [-0.05, 0) is 125 Å². The van der Waals surface area contributed by atoms with Crippen LogP contribution in [-0.2, 0) is 11.8 Å². The molecular weight excluding hydrogens is 368 g/mol. The SMILES string of the molecule is CN1CC[C@@]23CCCC[C@@H]2[C@@H]1Cc1ccc(O)cc13.NC12CC3CC(CC(C3)C1)C2. The normalized spacial score (nSPS) is 45.9. The van der Waals surface area contributed by atoms with Crippen LogP contribution in [0.1, 0.15) is 81.8 Å². The number of aromatic hydroxyl groups is 1. The minimum Gasteiger partial charge on any atom is -0.508 e. The van der Waals surface area contributed by atoms with Crippen molar-refractivity contribution < 1.29 is 5.11 Å². The molecule has 3 N–H and O–H groups in total. The zero-order valence-electron chi connectivity index (χ0n) is 18.8. The highest BCUT2D eigenvalue weighted by Crippen LogP contribution is 2.56. The highest BCUT2D eigenvalue weighted by molar-refractivity contribution is 5.45. The quantitative estimate of drug-likeness (QED) is 0.635. The maximum Gasteiger partial charge on any atom is 0.115 e. The van der Waals surface area contributed by atoms with Crippen LogP contribution in [0.3, 0.4) is 0 Å². The monoisotopic (exact) mass is 408 g/mol. The van der Waals surface area contributed by atoms with E-state index in [1.165, 1.54) is 94.7 Å². The molecule has 30 heavy (non-hydrogen) atoms. The van der Waals surface area contributed by atoms with Crippen molar-refractivity contribution in [2.75, 3.05) is 13.6 Å². The van der Waals surface area contributed by atoms with Crippen LogP contribution in [0.5, 0.6) is 5.75 Å². The summed E-state index contributed by atoms with van der Waals surface area (Å²) in [5.74, 6) is 4.33. The first-order valence-corrected chi connectivity index (χ1v) is 12.8. The molecule has 1 aromatic carbocycles. The molecule has 6 aliphatic carbocycles. The van der Waals surface area contributed by atoms with Crippen molar-refractivity contribution >= 4 is 0 Å². The number of nitrogens with zero attached hydrogens (tertiary/aromatic N) is 1. The Morgan fingerprint density at radius 2 is 1.70 bits per heavy atom. The summed E-state index contributed by atoms with van der Waals surface area (Å²) in [6.45, 7) is 1.22. The molecule has 0 aromatic heterocycles. The van der Waals surface area contributed by atoms with E-state index >= 15 is 0 Å². The van der Waals surface area contributed by atoms with Crippen LogP contribution in [0, 0.1) is 23.7 Å². The second kappa shape index (κ2) is 6.97. The first-order valence-electron chi connectivity index (χ1n) is 12.8. The number of piperidine rings is 1. The summed E-state index contributed by atoms with van der Waals surface area (Å²) in [7, 11) is 2.30. The zero-order chi connectivity index (χ0) is 20.5. The van der Waals surface area contributed by atoms with Crippen molar-refractivity contribution in [2.45, 2.75) is 94.0 Å². The Labute approximate surface area is 182 Å². The number of phenols is 1. The number of phenolic OH excluding ortho intramolecular Hbond substituents is 1. The van der Waals surface area contributed by atoms with Crippen LogP contribution >= 0.6 is 0 Å². The van der Waals surface area contributed by atoms with Gasteiger partial charge in [-0.3, -0.25) is 0 Å².